The van der Waals surface area contributed by atoms with Crippen molar-refractivity contribution in [3.8, 4) is 0 Å². The molecule has 0 fully saturated rings. The van der Waals surface area contributed by atoms with Crippen LogP contribution in [0.25, 0.3) is 0 Å². The van der Waals surface area contributed by atoms with Crippen molar-refractivity contribution in [2.75, 3.05) is 11.9 Å². The highest BCUT2D eigenvalue weighted by Crippen LogP contribution is 2.16. The molecule has 0 spiro atoms. The second kappa shape index (κ2) is 8.47. The smallest absolute Gasteiger partial charge is 0.306 e. The minimum Gasteiger partial charge on any atom is -0.461 e. The summed E-state index contributed by atoms with van der Waals surface area (Å²) >= 11 is 3.43. The van der Waals surface area contributed by atoms with E-state index in [2.05, 4.69) is 21.2 Å². The van der Waals surface area contributed by atoms with Crippen molar-refractivity contribution in [2.45, 2.75) is 19.4 Å². The van der Waals surface area contributed by atoms with Gasteiger partial charge in [0, 0.05) is 28.7 Å². The first-order valence-corrected chi connectivity index (χ1v) is 7.73. The molecule has 1 N–H and O–H groups in total. The van der Waals surface area contributed by atoms with Gasteiger partial charge in [-0.25, -0.2) is 0 Å². The topological polar surface area (TPSA) is 38.3 Å². The SMILES string of the molecule is O=C(CCCNc1ccccc1)OCc1ccccc1Br. The van der Waals surface area contributed by atoms with Gasteiger partial charge in [-0.3, -0.25) is 4.79 Å². The number of para-hydroxylation sites is 1. The summed E-state index contributed by atoms with van der Waals surface area (Å²) in [5.41, 5.74) is 2.05. The van der Waals surface area contributed by atoms with E-state index in [4.69, 9.17) is 4.74 Å². The predicted molar refractivity (Wildman–Crippen MR) is 88.1 cm³/mol. The summed E-state index contributed by atoms with van der Waals surface area (Å²) in [5.74, 6) is -0.166. The highest BCUT2D eigenvalue weighted by molar-refractivity contribution is 9.10. The van der Waals surface area contributed by atoms with Crippen LogP contribution in [-0.4, -0.2) is 12.5 Å². The zero-order valence-corrected chi connectivity index (χ0v) is 13.3. The molecule has 0 heterocycles. The van der Waals surface area contributed by atoms with Crippen LogP contribution in [0.4, 0.5) is 5.69 Å². The fraction of sp³-hybridized carbons (Fsp3) is 0.235. The molecule has 0 amide bonds. The molecule has 3 nitrogen and oxygen atoms in total. The Bertz CT molecular complexity index is 572. The molecule has 0 bridgehead atoms. The lowest BCUT2D eigenvalue weighted by Crippen LogP contribution is -2.08. The maximum absolute atomic E-state index is 11.7. The third-order valence-corrected chi connectivity index (χ3v) is 3.78. The van der Waals surface area contributed by atoms with Crippen molar-refractivity contribution in [1.82, 2.24) is 0 Å². The van der Waals surface area contributed by atoms with Gasteiger partial charge in [0.2, 0.25) is 0 Å². The Kier molecular flexibility index (Phi) is 6.28. The molecule has 2 rings (SSSR count). The zero-order chi connectivity index (χ0) is 14.9. The summed E-state index contributed by atoms with van der Waals surface area (Å²) in [4.78, 5) is 11.7. The summed E-state index contributed by atoms with van der Waals surface area (Å²) in [6, 6.07) is 17.7. The maximum atomic E-state index is 11.7. The Balaban J connectivity index is 1.63. The van der Waals surface area contributed by atoms with Crippen LogP contribution in [0.15, 0.2) is 59.1 Å². The molecule has 0 radical (unpaired) electrons. The minimum atomic E-state index is -0.166. The fourth-order valence-electron chi connectivity index (χ4n) is 1.87. The number of halogens is 1. The van der Waals surface area contributed by atoms with E-state index in [0.29, 0.717) is 13.0 Å². The normalized spacial score (nSPS) is 10.1. The number of carbonyl (C=O) groups excluding carboxylic acids is 1. The van der Waals surface area contributed by atoms with Crippen molar-refractivity contribution in [3.05, 3.63) is 64.6 Å². The van der Waals surface area contributed by atoms with Gasteiger partial charge in [0.1, 0.15) is 6.61 Å². The van der Waals surface area contributed by atoms with Crippen LogP contribution in [0.5, 0.6) is 0 Å². The number of nitrogens with one attached hydrogen (secondary N) is 1. The van der Waals surface area contributed by atoms with Crippen molar-refractivity contribution >= 4 is 27.6 Å². The Labute approximate surface area is 133 Å². The van der Waals surface area contributed by atoms with Gasteiger partial charge in [-0.05, 0) is 24.6 Å². The third-order valence-electron chi connectivity index (χ3n) is 3.01. The number of benzene rings is 2. The summed E-state index contributed by atoms with van der Waals surface area (Å²) in [6.45, 7) is 1.07. The molecule has 110 valence electrons. The number of esters is 1. The lowest BCUT2D eigenvalue weighted by atomic mass is 10.2. The zero-order valence-electron chi connectivity index (χ0n) is 11.7. The van der Waals surface area contributed by atoms with Crippen LogP contribution in [0.1, 0.15) is 18.4 Å². The van der Waals surface area contributed by atoms with Gasteiger partial charge in [-0.15, -0.1) is 0 Å². The van der Waals surface area contributed by atoms with Crippen LogP contribution in [0.2, 0.25) is 0 Å². The first-order valence-electron chi connectivity index (χ1n) is 6.93. The Hall–Kier alpha value is -1.81. The first-order chi connectivity index (χ1) is 10.3. The third kappa shape index (κ3) is 5.60. The Morgan fingerprint density at radius 2 is 1.76 bits per heavy atom. The summed E-state index contributed by atoms with van der Waals surface area (Å²) < 4.78 is 6.23. The van der Waals surface area contributed by atoms with Gasteiger partial charge in [0.15, 0.2) is 0 Å². The number of hydrogen-bond acceptors (Lipinski definition) is 3. The molecule has 0 aromatic heterocycles. The fourth-order valence-corrected chi connectivity index (χ4v) is 2.27. The number of ether oxygens (including phenoxy) is 1. The van der Waals surface area contributed by atoms with E-state index in [1.807, 2.05) is 54.6 Å². The Morgan fingerprint density at radius 3 is 2.52 bits per heavy atom. The monoisotopic (exact) mass is 347 g/mol. The lowest BCUT2D eigenvalue weighted by molar-refractivity contribution is -0.145. The molecule has 0 unspecified atom stereocenters. The second-order valence-corrected chi connectivity index (χ2v) is 5.50. The largest absolute Gasteiger partial charge is 0.461 e. The van der Waals surface area contributed by atoms with E-state index in [9.17, 15) is 4.79 Å². The highest BCUT2D eigenvalue weighted by Gasteiger charge is 2.05. The first kappa shape index (κ1) is 15.6. The number of anilines is 1. The van der Waals surface area contributed by atoms with Crippen molar-refractivity contribution in [1.29, 1.82) is 0 Å². The second-order valence-electron chi connectivity index (χ2n) is 4.65. The summed E-state index contributed by atoms with van der Waals surface area (Å²) in [5, 5.41) is 3.27. The quantitative estimate of drug-likeness (QED) is 0.596. The van der Waals surface area contributed by atoms with Gasteiger partial charge in [0.25, 0.3) is 0 Å². The van der Waals surface area contributed by atoms with Crippen LogP contribution in [0.3, 0.4) is 0 Å². The summed E-state index contributed by atoms with van der Waals surface area (Å²) in [7, 11) is 0. The lowest BCUT2D eigenvalue weighted by Gasteiger charge is -2.08. The van der Waals surface area contributed by atoms with E-state index in [1.165, 1.54) is 0 Å². The average Bonchev–Trinajstić information content (AvgIpc) is 2.52. The van der Waals surface area contributed by atoms with E-state index in [1.54, 1.807) is 0 Å². The van der Waals surface area contributed by atoms with Crippen molar-refractivity contribution in [2.24, 2.45) is 0 Å². The molecule has 0 aliphatic heterocycles. The van der Waals surface area contributed by atoms with E-state index >= 15 is 0 Å². The van der Waals surface area contributed by atoms with Gasteiger partial charge in [0.05, 0.1) is 0 Å². The Morgan fingerprint density at radius 1 is 1.05 bits per heavy atom. The number of rotatable bonds is 7. The molecule has 21 heavy (non-hydrogen) atoms. The van der Waals surface area contributed by atoms with Crippen LogP contribution in [-0.2, 0) is 16.1 Å². The molecule has 0 saturated heterocycles. The molecule has 4 heteroatoms. The summed E-state index contributed by atoms with van der Waals surface area (Å²) in [6.07, 6.45) is 1.17. The molecular formula is C17H18BrNO2. The minimum absolute atomic E-state index is 0.166. The molecule has 0 atom stereocenters. The van der Waals surface area contributed by atoms with E-state index in [0.717, 1.165) is 28.7 Å². The predicted octanol–water partition coefficient (Wildman–Crippen LogP) is 4.38. The molecular weight excluding hydrogens is 330 g/mol. The van der Waals surface area contributed by atoms with Crippen molar-refractivity contribution < 1.29 is 9.53 Å². The molecule has 2 aromatic carbocycles. The molecule has 0 saturated carbocycles. The van der Waals surface area contributed by atoms with Crippen LogP contribution in [0, 0.1) is 0 Å². The molecule has 2 aromatic rings. The van der Waals surface area contributed by atoms with E-state index < -0.39 is 0 Å². The number of hydrogen-bond donors (Lipinski definition) is 1. The van der Waals surface area contributed by atoms with Crippen molar-refractivity contribution in [3.63, 3.8) is 0 Å². The van der Waals surface area contributed by atoms with Crippen LogP contribution < -0.4 is 5.32 Å². The highest BCUT2D eigenvalue weighted by atomic mass is 79.9. The van der Waals surface area contributed by atoms with Gasteiger partial charge in [-0.1, -0.05) is 52.3 Å². The van der Waals surface area contributed by atoms with Gasteiger partial charge >= 0.3 is 5.97 Å². The average molecular weight is 348 g/mol. The van der Waals surface area contributed by atoms with E-state index in [-0.39, 0.29) is 5.97 Å². The number of carbonyl (C=O) groups is 1. The molecule has 0 aliphatic carbocycles. The standard InChI is InChI=1S/C17H18BrNO2/c18-16-10-5-4-7-14(16)13-21-17(20)11-6-12-19-15-8-2-1-3-9-15/h1-5,7-10,19H,6,11-13H2. The van der Waals surface area contributed by atoms with Gasteiger partial charge < -0.3 is 10.1 Å². The van der Waals surface area contributed by atoms with Gasteiger partial charge in [-0.2, -0.15) is 0 Å². The maximum Gasteiger partial charge on any atom is 0.306 e. The molecule has 0 aliphatic rings. The van der Waals surface area contributed by atoms with Crippen LogP contribution >= 0.6 is 15.9 Å².